The second kappa shape index (κ2) is 5.80. The van der Waals surface area contributed by atoms with Crippen LogP contribution in [-0.4, -0.2) is 42.9 Å². The van der Waals surface area contributed by atoms with Crippen LogP contribution in [0.5, 0.6) is 0 Å². The van der Waals surface area contributed by atoms with Crippen LogP contribution < -0.4 is 0 Å². The third kappa shape index (κ3) is 5.47. The Morgan fingerprint density at radius 3 is 2.47 bits per heavy atom. The summed E-state index contributed by atoms with van der Waals surface area (Å²) in [5.41, 5.74) is -0.926. The van der Waals surface area contributed by atoms with E-state index in [2.05, 4.69) is 18.7 Å². The molecule has 3 heteroatoms. The van der Waals surface area contributed by atoms with Crippen molar-refractivity contribution in [3.05, 3.63) is 0 Å². The summed E-state index contributed by atoms with van der Waals surface area (Å²) in [5.74, 6) is 0. The van der Waals surface area contributed by atoms with Gasteiger partial charge in [-0.1, -0.05) is 0 Å². The van der Waals surface area contributed by atoms with Crippen LogP contribution in [0.4, 0.5) is 4.39 Å². The van der Waals surface area contributed by atoms with Crippen LogP contribution in [0.3, 0.4) is 0 Å². The fourth-order valence-corrected chi connectivity index (χ4v) is 1.85. The summed E-state index contributed by atoms with van der Waals surface area (Å²) in [7, 11) is 0. The fourth-order valence-electron chi connectivity index (χ4n) is 1.85. The van der Waals surface area contributed by atoms with Gasteiger partial charge >= 0.3 is 0 Å². The molecule has 0 aromatic heterocycles. The average molecular weight is 217 g/mol. The third-order valence-electron chi connectivity index (χ3n) is 2.97. The van der Waals surface area contributed by atoms with Gasteiger partial charge in [-0.25, -0.2) is 4.39 Å². The molecule has 0 N–H and O–H groups in total. The van der Waals surface area contributed by atoms with Crippen molar-refractivity contribution in [3.63, 3.8) is 0 Å². The first-order valence-corrected chi connectivity index (χ1v) is 6.02. The molecule has 1 aliphatic rings. The van der Waals surface area contributed by atoms with Gasteiger partial charge in [0.1, 0.15) is 5.67 Å². The van der Waals surface area contributed by atoms with E-state index in [0.29, 0.717) is 18.9 Å². The molecular weight excluding hydrogens is 193 g/mol. The van der Waals surface area contributed by atoms with Crippen molar-refractivity contribution in [1.29, 1.82) is 0 Å². The van der Waals surface area contributed by atoms with Gasteiger partial charge in [0.05, 0.1) is 6.10 Å². The van der Waals surface area contributed by atoms with Crippen molar-refractivity contribution in [2.24, 2.45) is 0 Å². The number of nitrogens with zero attached hydrogens (tertiary/aromatic N) is 1. The molecule has 2 nitrogen and oxygen atoms in total. The van der Waals surface area contributed by atoms with Crippen LogP contribution in [0.1, 0.15) is 40.0 Å². The standard InChI is InChI=1S/C12H24FNO/c1-11(2)15-10-4-7-14-8-5-12(3,13)6-9-14/h11H,4-10H2,1-3H3. The monoisotopic (exact) mass is 217 g/mol. The maximum atomic E-state index is 13.5. The second-order valence-corrected chi connectivity index (χ2v) is 5.03. The van der Waals surface area contributed by atoms with Gasteiger partial charge in [-0.05, 0) is 40.0 Å². The Labute approximate surface area is 92.8 Å². The quantitative estimate of drug-likeness (QED) is 0.656. The van der Waals surface area contributed by atoms with E-state index in [0.717, 1.165) is 32.7 Å². The summed E-state index contributed by atoms with van der Waals surface area (Å²) in [6.45, 7) is 9.48. The van der Waals surface area contributed by atoms with Crippen molar-refractivity contribution in [3.8, 4) is 0 Å². The fraction of sp³-hybridized carbons (Fsp3) is 1.00. The van der Waals surface area contributed by atoms with E-state index in [4.69, 9.17) is 4.74 Å². The van der Waals surface area contributed by atoms with Crippen LogP contribution in [0.15, 0.2) is 0 Å². The number of likely N-dealkylation sites (tertiary alicyclic amines) is 1. The van der Waals surface area contributed by atoms with Crippen molar-refractivity contribution >= 4 is 0 Å². The summed E-state index contributed by atoms with van der Waals surface area (Å²) in [5, 5.41) is 0. The van der Waals surface area contributed by atoms with E-state index < -0.39 is 5.67 Å². The molecule has 90 valence electrons. The van der Waals surface area contributed by atoms with Gasteiger partial charge in [0.25, 0.3) is 0 Å². The molecule has 0 aliphatic carbocycles. The van der Waals surface area contributed by atoms with E-state index in [9.17, 15) is 4.39 Å². The zero-order valence-corrected chi connectivity index (χ0v) is 10.3. The number of alkyl halides is 1. The zero-order valence-electron chi connectivity index (χ0n) is 10.3. The minimum atomic E-state index is -0.926. The first-order chi connectivity index (χ1) is 6.99. The molecule has 0 spiro atoms. The number of hydrogen-bond donors (Lipinski definition) is 0. The van der Waals surface area contributed by atoms with Crippen molar-refractivity contribution in [2.45, 2.75) is 51.8 Å². The van der Waals surface area contributed by atoms with Crippen LogP contribution in [0.2, 0.25) is 0 Å². The molecule has 0 radical (unpaired) electrons. The zero-order chi connectivity index (χ0) is 11.3. The molecule has 1 aliphatic heterocycles. The molecule has 0 unspecified atom stereocenters. The molecule has 0 bridgehead atoms. The predicted octanol–water partition coefficient (Wildman–Crippen LogP) is 2.63. The lowest BCUT2D eigenvalue weighted by Gasteiger charge is -2.34. The van der Waals surface area contributed by atoms with E-state index >= 15 is 0 Å². The van der Waals surface area contributed by atoms with Crippen LogP contribution in [0, 0.1) is 0 Å². The Morgan fingerprint density at radius 1 is 1.33 bits per heavy atom. The highest BCUT2D eigenvalue weighted by Gasteiger charge is 2.28. The van der Waals surface area contributed by atoms with Gasteiger partial charge < -0.3 is 9.64 Å². The summed E-state index contributed by atoms with van der Waals surface area (Å²) < 4.78 is 19.0. The lowest BCUT2D eigenvalue weighted by molar-refractivity contribution is 0.0509. The van der Waals surface area contributed by atoms with Gasteiger partial charge in [-0.2, -0.15) is 0 Å². The summed E-state index contributed by atoms with van der Waals surface area (Å²) in [4.78, 5) is 2.34. The summed E-state index contributed by atoms with van der Waals surface area (Å²) in [6.07, 6.45) is 2.73. The lowest BCUT2D eigenvalue weighted by atomic mass is 9.96. The number of piperidine rings is 1. The molecule has 15 heavy (non-hydrogen) atoms. The average Bonchev–Trinajstić information content (AvgIpc) is 2.14. The maximum Gasteiger partial charge on any atom is 0.110 e. The van der Waals surface area contributed by atoms with Gasteiger partial charge in [-0.15, -0.1) is 0 Å². The molecule has 0 atom stereocenters. The van der Waals surface area contributed by atoms with Crippen LogP contribution in [0.25, 0.3) is 0 Å². The summed E-state index contributed by atoms with van der Waals surface area (Å²) in [6, 6.07) is 0. The largest absolute Gasteiger partial charge is 0.379 e. The highest BCUT2D eigenvalue weighted by molar-refractivity contribution is 4.81. The minimum Gasteiger partial charge on any atom is -0.379 e. The maximum absolute atomic E-state index is 13.5. The lowest BCUT2D eigenvalue weighted by Crippen LogP contribution is -2.40. The Kier molecular flexibility index (Phi) is 5.00. The minimum absolute atomic E-state index is 0.320. The molecule has 0 aromatic rings. The van der Waals surface area contributed by atoms with Gasteiger partial charge in [0, 0.05) is 26.2 Å². The second-order valence-electron chi connectivity index (χ2n) is 5.03. The molecular formula is C12H24FNO. The Balaban J connectivity index is 2.04. The van der Waals surface area contributed by atoms with Crippen LogP contribution in [-0.2, 0) is 4.74 Å². The molecule has 0 amide bonds. The molecule has 0 aromatic carbocycles. The molecule has 1 rings (SSSR count). The molecule has 1 fully saturated rings. The van der Waals surface area contributed by atoms with Crippen LogP contribution >= 0.6 is 0 Å². The van der Waals surface area contributed by atoms with Gasteiger partial charge in [0.2, 0.25) is 0 Å². The summed E-state index contributed by atoms with van der Waals surface area (Å²) >= 11 is 0. The Morgan fingerprint density at radius 2 is 1.93 bits per heavy atom. The topological polar surface area (TPSA) is 12.5 Å². The predicted molar refractivity (Wildman–Crippen MR) is 60.9 cm³/mol. The Bertz CT molecular complexity index is 172. The number of ether oxygens (including phenoxy) is 1. The molecule has 1 heterocycles. The smallest absolute Gasteiger partial charge is 0.110 e. The van der Waals surface area contributed by atoms with E-state index in [1.54, 1.807) is 6.92 Å². The molecule has 1 saturated heterocycles. The van der Waals surface area contributed by atoms with Crippen molar-refractivity contribution in [1.82, 2.24) is 4.90 Å². The Hall–Kier alpha value is -0.150. The molecule has 0 saturated carbocycles. The highest BCUT2D eigenvalue weighted by Crippen LogP contribution is 2.25. The van der Waals surface area contributed by atoms with E-state index in [1.807, 2.05) is 0 Å². The van der Waals surface area contributed by atoms with E-state index in [-0.39, 0.29) is 0 Å². The van der Waals surface area contributed by atoms with Crippen molar-refractivity contribution in [2.75, 3.05) is 26.2 Å². The highest BCUT2D eigenvalue weighted by atomic mass is 19.1. The first-order valence-electron chi connectivity index (χ1n) is 6.02. The number of hydrogen-bond acceptors (Lipinski definition) is 2. The first kappa shape index (κ1) is 12.9. The third-order valence-corrected chi connectivity index (χ3v) is 2.97. The SMILES string of the molecule is CC(C)OCCCN1CCC(C)(F)CC1. The van der Waals surface area contributed by atoms with Gasteiger partial charge in [-0.3, -0.25) is 0 Å². The number of halogens is 1. The van der Waals surface area contributed by atoms with Gasteiger partial charge in [0.15, 0.2) is 0 Å². The van der Waals surface area contributed by atoms with E-state index in [1.165, 1.54) is 0 Å². The van der Waals surface area contributed by atoms with Crippen molar-refractivity contribution < 1.29 is 9.13 Å². The normalized spacial score (nSPS) is 22.2. The number of rotatable bonds is 5.